The lowest BCUT2D eigenvalue weighted by Gasteiger charge is -2.25. The first-order chi connectivity index (χ1) is 24.0. The molecule has 3 aromatic rings. The number of aryl methyl sites for hydroxylation is 2. The summed E-state index contributed by atoms with van der Waals surface area (Å²) in [6.07, 6.45) is 3.07. The molecule has 272 valence electrons. The number of benzene rings is 2. The summed E-state index contributed by atoms with van der Waals surface area (Å²) in [5.74, 6) is -1.41. The number of aliphatic hydroxyl groups excluding tert-OH is 4. The molecule has 2 bridgehead atoms. The summed E-state index contributed by atoms with van der Waals surface area (Å²) in [6.45, 7) is 5.59. The summed E-state index contributed by atoms with van der Waals surface area (Å²) >= 11 is 0. The van der Waals surface area contributed by atoms with Gasteiger partial charge in [0.25, 0.3) is 11.8 Å². The highest BCUT2D eigenvalue weighted by atomic mass is 16.3. The number of hydrogen-bond acceptors (Lipinski definition) is 11. The summed E-state index contributed by atoms with van der Waals surface area (Å²) in [6, 6.07) is 11.2. The molecule has 1 aliphatic rings. The van der Waals surface area contributed by atoms with Gasteiger partial charge in [-0.05, 0) is 75.2 Å². The molecule has 0 unspecified atom stereocenters. The van der Waals surface area contributed by atoms with Gasteiger partial charge in [-0.25, -0.2) is 0 Å². The Morgan fingerprint density at radius 3 is 1.46 bits per heavy atom. The van der Waals surface area contributed by atoms with Crippen LogP contribution in [0.2, 0.25) is 0 Å². The summed E-state index contributed by atoms with van der Waals surface area (Å²) < 4.78 is 0. The maximum atomic E-state index is 12.9. The number of carbonyl (C=O) groups is 2. The number of pyridine rings is 1. The van der Waals surface area contributed by atoms with Gasteiger partial charge in [0.15, 0.2) is 0 Å². The number of aliphatic hydroxyl groups is 4. The fourth-order valence-corrected chi connectivity index (χ4v) is 6.16. The van der Waals surface area contributed by atoms with Crippen molar-refractivity contribution in [2.24, 2.45) is 0 Å². The van der Waals surface area contributed by atoms with E-state index in [4.69, 9.17) is 4.98 Å². The van der Waals surface area contributed by atoms with Crippen LogP contribution < -0.4 is 10.6 Å². The molecule has 2 heterocycles. The standard InChI is InChI=1S/C37H51N5O8/c1-24-14-26(34(47)32(16-24)36(49)39-30(20-43)21-44)18-41-10-3-4-11-42(13-9-29-7-5-6-28(38-29)8-12-41)19-27-15-25(2)17-33(35(27)48)37(50)40-31(22-45)23-46/h5-7,14-17,30-31,43-48H,3-4,8-13,18-23H2,1-2H3,(H,39,49)(H,40,50). The van der Waals surface area contributed by atoms with Crippen LogP contribution in [0.25, 0.3) is 0 Å². The van der Waals surface area contributed by atoms with Gasteiger partial charge in [0, 0.05) is 61.5 Å². The van der Waals surface area contributed by atoms with Crippen LogP contribution in [-0.4, -0.2) is 122 Å². The first-order valence-corrected chi connectivity index (χ1v) is 17.1. The summed E-state index contributed by atoms with van der Waals surface area (Å²) in [5, 5.41) is 65.1. The molecule has 8 N–H and O–H groups in total. The van der Waals surface area contributed by atoms with E-state index < -0.39 is 50.3 Å². The van der Waals surface area contributed by atoms with Gasteiger partial charge in [-0.3, -0.25) is 24.4 Å². The Bertz CT molecular complexity index is 1480. The van der Waals surface area contributed by atoms with E-state index in [2.05, 4.69) is 20.4 Å². The smallest absolute Gasteiger partial charge is 0.255 e. The molecule has 0 aliphatic carbocycles. The molecule has 1 aliphatic heterocycles. The number of aromatic hydroxyl groups is 2. The van der Waals surface area contributed by atoms with Crippen molar-refractivity contribution in [2.75, 3.05) is 52.6 Å². The van der Waals surface area contributed by atoms with E-state index in [1.807, 2.05) is 44.2 Å². The largest absolute Gasteiger partial charge is 0.507 e. The van der Waals surface area contributed by atoms with Gasteiger partial charge < -0.3 is 41.3 Å². The van der Waals surface area contributed by atoms with Crippen LogP contribution in [0.1, 0.15) is 67.2 Å². The number of phenolic OH excluding ortho intramolecular Hbond substituents is 2. The van der Waals surface area contributed by atoms with E-state index in [0.29, 0.717) is 50.1 Å². The van der Waals surface area contributed by atoms with Crippen LogP contribution in [0.5, 0.6) is 11.5 Å². The lowest BCUT2D eigenvalue weighted by molar-refractivity contribution is 0.0870. The number of aromatic nitrogens is 1. The van der Waals surface area contributed by atoms with Gasteiger partial charge in [-0.1, -0.05) is 18.2 Å². The molecule has 0 atom stereocenters. The van der Waals surface area contributed by atoms with Gasteiger partial charge in [-0.2, -0.15) is 0 Å². The minimum atomic E-state index is -0.833. The lowest BCUT2D eigenvalue weighted by atomic mass is 10.0. The quantitative estimate of drug-likeness (QED) is 0.135. The second-order valence-corrected chi connectivity index (χ2v) is 13.1. The van der Waals surface area contributed by atoms with Gasteiger partial charge in [0.1, 0.15) is 11.5 Å². The first kappa shape index (κ1) is 38.7. The van der Waals surface area contributed by atoms with Crippen molar-refractivity contribution in [3.8, 4) is 11.5 Å². The van der Waals surface area contributed by atoms with Gasteiger partial charge in [0.05, 0.1) is 49.6 Å². The SMILES string of the molecule is Cc1cc(CN2CCCCN(Cc3cc(C)cc(C(=O)NC(CO)CO)c3O)CCc3cccc(n3)CC2)c(O)c(C(=O)NC(CO)CO)c1. The Kier molecular flexibility index (Phi) is 14.5. The summed E-state index contributed by atoms with van der Waals surface area (Å²) in [4.78, 5) is 35.2. The van der Waals surface area contributed by atoms with Crippen molar-refractivity contribution in [3.05, 3.63) is 87.2 Å². The molecule has 13 nitrogen and oxygen atoms in total. The van der Waals surface area contributed by atoms with E-state index in [1.165, 1.54) is 0 Å². The molecule has 50 heavy (non-hydrogen) atoms. The molecule has 1 aromatic heterocycles. The van der Waals surface area contributed by atoms with Crippen molar-refractivity contribution >= 4 is 11.8 Å². The second-order valence-electron chi connectivity index (χ2n) is 13.1. The molecule has 0 saturated heterocycles. The average Bonchev–Trinajstić information content (AvgIpc) is 3.11. The number of phenols is 2. The van der Waals surface area contributed by atoms with Crippen molar-refractivity contribution in [2.45, 2.75) is 64.7 Å². The number of carbonyl (C=O) groups excluding carboxylic acids is 2. The molecule has 0 saturated carbocycles. The van der Waals surface area contributed by atoms with Crippen molar-refractivity contribution < 1.29 is 40.2 Å². The maximum Gasteiger partial charge on any atom is 0.255 e. The summed E-state index contributed by atoms with van der Waals surface area (Å²) in [5.41, 5.74) is 4.87. The van der Waals surface area contributed by atoms with Crippen molar-refractivity contribution in [1.82, 2.24) is 25.4 Å². The first-order valence-electron chi connectivity index (χ1n) is 17.1. The molecule has 0 radical (unpaired) electrons. The van der Waals surface area contributed by atoms with Crippen LogP contribution >= 0.6 is 0 Å². The lowest BCUT2D eigenvalue weighted by Crippen LogP contribution is -2.40. The highest BCUT2D eigenvalue weighted by Crippen LogP contribution is 2.28. The Labute approximate surface area is 293 Å². The third kappa shape index (κ3) is 10.7. The molecule has 2 amide bonds. The fraction of sp³-hybridized carbons (Fsp3) is 0.486. The number of fused-ring (bicyclic) bond motifs is 2. The van der Waals surface area contributed by atoms with Crippen LogP contribution in [-0.2, 0) is 25.9 Å². The third-order valence-electron chi connectivity index (χ3n) is 8.93. The zero-order chi connectivity index (χ0) is 36.2. The number of hydrogen-bond donors (Lipinski definition) is 8. The molecular weight excluding hydrogens is 642 g/mol. The predicted octanol–water partition coefficient (Wildman–Crippen LogP) is 1.16. The molecule has 4 rings (SSSR count). The van der Waals surface area contributed by atoms with Gasteiger partial charge >= 0.3 is 0 Å². The Morgan fingerprint density at radius 2 is 1.08 bits per heavy atom. The number of nitrogens with zero attached hydrogens (tertiary/aromatic N) is 3. The van der Waals surface area contributed by atoms with E-state index in [1.54, 1.807) is 12.1 Å². The Hall–Kier alpha value is -4.11. The molecule has 0 spiro atoms. The van der Waals surface area contributed by atoms with E-state index in [-0.39, 0.29) is 22.6 Å². The van der Waals surface area contributed by atoms with Crippen LogP contribution in [0.3, 0.4) is 0 Å². The second kappa shape index (κ2) is 18.8. The average molecular weight is 694 g/mol. The van der Waals surface area contributed by atoms with E-state index >= 15 is 0 Å². The molecule has 13 heteroatoms. The molecule has 2 aromatic carbocycles. The number of rotatable bonds is 12. The summed E-state index contributed by atoms with van der Waals surface area (Å²) in [7, 11) is 0. The van der Waals surface area contributed by atoms with Gasteiger partial charge in [-0.15, -0.1) is 0 Å². The Balaban J connectivity index is 1.53. The normalized spacial score (nSPS) is 15.0. The predicted molar refractivity (Wildman–Crippen MR) is 188 cm³/mol. The zero-order valence-corrected chi connectivity index (χ0v) is 28.9. The van der Waals surface area contributed by atoms with Crippen LogP contribution in [0.15, 0.2) is 42.5 Å². The zero-order valence-electron chi connectivity index (χ0n) is 28.9. The minimum absolute atomic E-state index is 0.0874. The number of amides is 2. The van der Waals surface area contributed by atoms with Crippen molar-refractivity contribution in [1.29, 1.82) is 0 Å². The molecular formula is C37H51N5O8. The Morgan fingerprint density at radius 1 is 0.680 bits per heavy atom. The van der Waals surface area contributed by atoms with E-state index in [0.717, 1.165) is 48.4 Å². The molecule has 0 fully saturated rings. The fourth-order valence-electron chi connectivity index (χ4n) is 6.16. The minimum Gasteiger partial charge on any atom is -0.507 e. The highest BCUT2D eigenvalue weighted by Gasteiger charge is 2.22. The van der Waals surface area contributed by atoms with Crippen LogP contribution in [0.4, 0.5) is 0 Å². The monoisotopic (exact) mass is 693 g/mol. The third-order valence-corrected chi connectivity index (χ3v) is 8.93. The topological polar surface area (TPSA) is 199 Å². The highest BCUT2D eigenvalue weighted by molar-refractivity contribution is 5.98. The number of nitrogens with one attached hydrogen (secondary N) is 2. The maximum absolute atomic E-state index is 12.9. The van der Waals surface area contributed by atoms with Gasteiger partial charge in [0.2, 0.25) is 0 Å². The van der Waals surface area contributed by atoms with Crippen molar-refractivity contribution in [3.63, 3.8) is 0 Å². The van der Waals surface area contributed by atoms with E-state index in [9.17, 15) is 40.2 Å². The van der Waals surface area contributed by atoms with Crippen LogP contribution in [0, 0.1) is 13.8 Å².